The van der Waals surface area contributed by atoms with Gasteiger partial charge in [-0.2, -0.15) is 11.8 Å². The first-order valence-corrected chi connectivity index (χ1v) is 9.43. The lowest BCUT2D eigenvalue weighted by atomic mass is 10.2. The summed E-state index contributed by atoms with van der Waals surface area (Å²) in [5.74, 6) is 0.435. The molecule has 1 aliphatic heterocycles. The third-order valence-electron chi connectivity index (χ3n) is 3.63. The Labute approximate surface area is 147 Å². The molecule has 2 atom stereocenters. The number of carboxylic acids is 1. The minimum absolute atomic E-state index is 0.00732. The summed E-state index contributed by atoms with van der Waals surface area (Å²) in [6, 6.07) is 5.77. The van der Waals surface area contributed by atoms with Crippen LogP contribution in [0.4, 0.5) is 5.69 Å². The van der Waals surface area contributed by atoms with Crippen molar-refractivity contribution in [1.82, 2.24) is 4.90 Å². The molecule has 1 N–H and O–H groups in total. The number of amides is 1. The second-order valence-electron chi connectivity index (χ2n) is 5.37. The van der Waals surface area contributed by atoms with Gasteiger partial charge in [0.1, 0.15) is 0 Å². The highest BCUT2D eigenvalue weighted by Gasteiger charge is 2.31. The van der Waals surface area contributed by atoms with Gasteiger partial charge in [-0.1, -0.05) is 0 Å². The summed E-state index contributed by atoms with van der Waals surface area (Å²) < 4.78 is 0. The van der Waals surface area contributed by atoms with E-state index in [0.29, 0.717) is 12.3 Å². The molecule has 1 heterocycles. The summed E-state index contributed by atoms with van der Waals surface area (Å²) in [4.78, 5) is 36.3. The number of carboxylic acid groups (broad SMARTS) is 1. The summed E-state index contributed by atoms with van der Waals surface area (Å²) in [6.45, 7) is 2.32. The van der Waals surface area contributed by atoms with Crippen molar-refractivity contribution in [2.24, 2.45) is 0 Å². The quantitative estimate of drug-likeness (QED) is 0.466. The van der Waals surface area contributed by atoms with Gasteiger partial charge in [-0.05, 0) is 19.1 Å². The van der Waals surface area contributed by atoms with E-state index in [1.165, 1.54) is 23.9 Å². The summed E-state index contributed by atoms with van der Waals surface area (Å²) in [5.41, 5.74) is 0.00732. The van der Waals surface area contributed by atoms with Crippen LogP contribution in [0.3, 0.4) is 0 Å². The second kappa shape index (κ2) is 8.39. The summed E-state index contributed by atoms with van der Waals surface area (Å²) in [7, 11) is 0. The largest absolute Gasteiger partial charge is 0.481 e. The van der Waals surface area contributed by atoms with Crippen LogP contribution >= 0.6 is 23.5 Å². The van der Waals surface area contributed by atoms with E-state index in [1.807, 2.05) is 0 Å². The maximum atomic E-state index is 12.7. The number of carbonyl (C=O) groups excluding carboxylic acids is 1. The topological polar surface area (TPSA) is 101 Å². The molecule has 1 aromatic carbocycles. The molecule has 1 fully saturated rings. The van der Waals surface area contributed by atoms with E-state index >= 15 is 0 Å². The molecule has 0 radical (unpaired) electrons. The number of thioether (sulfide) groups is 2. The molecule has 24 heavy (non-hydrogen) atoms. The van der Waals surface area contributed by atoms with E-state index in [-0.39, 0.29) is 29.3 Å². The fourth-order valence-electron chi connectivity index (χ4n) is 2.45. The van der Waals surface area contributed by atoms with E-state index in [0.717, 1.165) is 10.6 Å². The van der Waals surface area contributed by atoms with Gasteiger partial charge in [-0.25, -0.2) is 0 Å². The number of aliphatic carboxylic acids is 1. The molecule has 0 aliphatic carbocycles. The molecule has 1 saturated heterocycles. The van der Waals surface area contributed by atoms with Gasteiger partial charge >= 0.3 is 5.97 Å². The van der Waals surface area contributed by atoms with E-state index in [9.17, 15) is 19.7 Å². The van der Waals surface area contributed by atoms with Gasteiger partial charge in [0.15, 0.2) is 0 Å². The van der Waals surface area contributed by atoms with Gasteiger partial charge in [0.2, 0.25) is 5.91 Å². The highest BCUT2D eigenvalue weighted by atomic mass is 32.2. The van der Waals surface area contributed by atoms with Crippen LogP contribution in [-0.2, 0) is 9.59 Å². The number of non-ortho nitro benzene ring substituents is 1. The molecule has 0 aromatic heterocycles. The molecule has 9 heteroatoms. The van der Waals surface area contributed by atoms with Crippen LogP contribution < -0.4 is 0 Å². The van der Waals surface area contributed by atoms with Crippen molar-refractivity contribution in [2.75, 3.05) is 18.1 Å². The van der Waals surface area contributed by atoms with Crippen LogP contribution in [0.1, 0.15) is 13.3 Å². The van der Waals surface area contributed by atoms with Crippen LogP contribution in [-0.4, -0.2) is 56.1 Å². The standard InChI is InChI=1S/C15H18N2O5S2/c1-10(24-13-4-2-11(3-5-13)17(21)22)15(20)16-6-7-23-9-12(16)8-14(18)19/h2-5,10,12H,6-9H2,1H3,(H,18,19). The maximum Gasteiger partial charge on any atom is 0.305 e. The highest BCUT2D eigenvalue weighted by molar-refractivity contribution is 8.00. The van der Waals surface area contributed by atoms with Gasteiger partial charge in [-0.15, -0.1) is 11.8 Å². The Morgan fingerprint density at radius 3 is 2.71 bits per heavy atom. The highest BCUT2D eigenvalue weighted by Crippen LogP contribution is 2.28. The zero-order valence-electron chi connectivity index (χ0n) is 13.1. The first-order chi connectivity index (χ1) is 11.4. The first-order valence-electron chi connectivity index (χ1n) is 7.39. The van der Waals surface area contributed by atoms with Gasteiger partial charge in [0, 0.05) is 35.1 Å². The summed E-state index contributed by atoms with van der Waals surface area (Å²) >= 11 is 2.98. The molecule has 1 amide bonds. The van der Waals surface area contributed by atoms with Crippen molar-refractivity contribution in [2.45, 2.75) is 29.5 Å². The lowest BCUT2D eigenvalue weighted by molar-refractivity contribution is -0.384. The molecule has 2 unspecified atom stereocenters. The predicted octanol–water partition coefficient (Wildman–Crippen LogP) is 2.49. The third-order valence-corrected chi connectivity index (χ3v) is 5.82. The van der Waals surface area contributed by atoms with E-state index in [1.54, 1.807) is 35.7 Å². The molecule has 1 aromatic rings. The zero-order chi connectivity index (χ0) is 17.7. The van der Waals surface area contributed by atoms with Gasteiger partial charge in [-0.3, -0.25) is 19.7 Å². The molecule has 2 rings (SSSR count). The average molecular weight is 370 g/mol. The number of hydrogen-bond acceptors (Lipinski definition) is 6. The number of carbonyl (C=O) groups is 2. The Bertz CT molecular complexity index is 623. The van der Waals surface area contributed by atoms with E-state index in [4.69, 9.17) is 5.11 Å². The number of nitro groups is 1. The van der Waals surface area contributed by atoms with Crippen molar-refractivity contribution < 1.29 is 19.6 Å². The van der Waals surface area contributed by atoms with Crippen LogP contribution in [0, 0.1) is 10.1 Å². The molecule has 1 aliphatic rings. The summed E-state index contributed by atoms with van der Waals surface area (Å²) in [6.07, 6.45) is -0.0480. The molecule has 0 bridgehead atoms. The van der Waals surface area contributed by atoms with Crippen LogP contribution in [0.15, 0.2) is 29.2 Å². The lowest BCUT2D eigenvalue weighted by Crippen LogP contribution is -2.49. The Hall–Kier alpha value is -1.74. The maximum absolute atomic E-state index is 12.7. The first kappa shape index (κ1) is 18.6. The van der Waals surface area contributed by atoms with E-state index in [2.05, 4.69) is 0 Å². The molecule has 7 nitrogen and oxygen atoms in total. The number of nitro benzene ring substituents is 1. The monoisotopic (exact) mass is 370 g/mol. The SMILES string of the molecule is CC(Sc1ccc([N+](=O)[O-])cc1)C(=O)N1CCSCC1CC(=O)O. The minimum atomic E-state index is -0.907. The second-order valence-corrected chi connectivity index (χ2v) is 7.93. The Kier molecular flexibility index (Phi) is 6.50. The predicted molar refractivity (Wildman–Crippen MR) is 93.5 cm³/mol. The molecular formula is C15H18N2O5S2. The molecule has 0 saturated carbocycles. The molecular weight excluding hydrogens is 352 g/mol. The van der Waals surface area contributed by atoms with Gasteiger partial charge in [0.25, 0.3) is 5.69 Å². The van der Waals surface area contributed by atoms with Crippen molar-refractivity contribution in [3.8, 4) is 0 Å². The molecule has 130 valence electrons. The van der Waals surface area contributed by atoms with Gasteiger partial charge in [0.05, 0.1) is 22.6 Å². The fraction of sp³-hybridized carbons (Fsp3) is 0.467. The number of nitrogens with zero attached hydrogens (tertiary/aromatic N) is 2. The lowest BCUT2D eigenvalue weighted by Gasteiger charge is -2.36. The number of benzene rings is 1. The molecule has 0 spiro atoms. The van der Waals surface area contributed by atoms with Crippen LogP contribution in [0.25, 0.3) is 0 Å². The Balaban J connectivity index is 2.01. The zero-order valence-corrected chi connectivity index (χ0v) is 14.7. The Morgan fingerprint density at radius 2 is 2.12 bits per heavy atom. The minimum Gasteiger partial charge on any atom is -0.481 e. The van der Waals surface area contributed by atoms with Crippen molar-refractivity contribution >= 4 is 41.1 Å². The van der Waals surface area contributed by atoms with Gasteiger partial charge < -0.3 is 10.0 Å². The smallest absolute Gasteiger partial charge is 0.305 e. The third kappa shape index (κ3) is 4.88. The van der Waals surface area contributed by atoms with Crippen LogP contribution in [0.5, 0.6) is 0 Å². The van der Waals surface area contributed by atoms with E-state index < -0.39 is 10.9 Å². The average Bonchev–Trinajstić information content (AvgIpc) is 2.54. The Morgan fingerprint density at radius 1 is 1.46 bits per heavy atom. The number of rotatable bonds is 6. The van der Waals surface area contributed by atoms with Crippen molar-refractivity contribution in [3.05, 3.63) is 34.4 Å². The fourth-order valence-corrected chi connectivity index (χ4v) is 4.45. The van der Waals surface area contributed by atoms with Crippen molar-refractivity contribution in [1.29, 1.82) is 0 Å². The summed E-state index contributed by atoms with van der Waals surface area (Å²) in [5, 5.41) is 19.3. The van der Waals surface area contributed by atoms with Crippen molar-refractivity contribution in [3.63, 3.8) is 0 Å². The van der Waals surface area contributed by atoms with Crippen LogP contribution in [0.2, 0.25) is 0 Å². The normalized spacial score (nSPS) is 18.9. The number of hydrogen-bond donors (Lipinski definition) is 1.